The molecule has 1 N–H and O–H groups in total. The summed E-state index contributed by atoms with van der Waals surface area (Å²) in [7, 11) is 1.91. The molecule has 0 aliphatic carbocycles. The molecule has 0 aliphatic rings. The van der Waals surface area contributed by atoms with E-state index < -0.39 is 0 Å². The molecule has 0 fully saturated rings. The molecule has 0 saturated carbocycles. The molecule has 0 radical (unpaired) electrons. The normalized spacial score (nSPS) is 10.2. The maximum absolute atomic E-state index is 12.2. The lowest BCUT2D eigenvalue weighted by Crippen LogP contribution is -2.19. The molecule has 0 bridgehead atoms. The number of anilines is 5. The quantitative estimate of drug-likeness (QED) is 0.229. The van der Waals surface area contributed by atoms with Gasteiger partial charge in [0.1, 0.15) is 12.4 Å². The molecular weight excluding hydrogens is 452 g/mol. The molecule has 180 valence electrons. The Morgan fingerprint density at radius 1 is 0.972 bits per heavy atom. The van der Waals surface area contributed by atoms with Crippen LogP contribution < -0.4 is 19.9 Å². The van der Waals surface area contributed by atoms with Gasteiger partial charge < -0.3 is 15.0 Å². The molecule has 0 aliphatic heterocycles. The first-order chi connectivity index (χ1) is 17.6. The number of nitrogens with zero attached hydrogens (tertiary/aromatic N) is 3. The van der Waals surface area contributed by atoms with Crippen LogP contribution in [0.5, 0.6) is 5.75 Å². The first kappa shape index (κ1) is 24.2. The van der Waals surface area contributed by atoms with Crippen LogP contribution in [0.3, 0.4) is 0 Å². The molecule has 7 heteroatoms. The molecular formula is C29H26N4O3. The Labute approximate surface area is 210 Å². The van der Waals surface area contributed by atoms with Crippen molar-refractivity contribution in [3.8, 4) is 5.75 Å². The summed E-state index contributed by atoms with van der Waals surface area (Å²) in [6.07, 6.45) is 5.27. The van der Waals surface area contributed by atoms with Gasteiger partial charge in [0.15, 0.2) is 0 Å². The van der Waals surface area contributed by atoms with Gasteiger partial charge in [-0.3, -0.25) is 19.5 Å². The number of ether oxygens (including phenoxy) is 1. The summed E-state index contributed by atoms with van der Waals surface area (Å²) >= 11 is 0. The molecule has 3 aromatic carbocycles. The maximum atomic E-state index is 12.2. The summed E-state index contributed by atoms with van der Waals surface area (Å²) in [6.45, 7) is 3.96. The highest BCUT2D eigenvalue weighted by atomic mass is 16.5. The minimum Gasteiger partial charge on any atom is -0.489 e. The summed E-state index contributed by atoms with van der Waals surface area (Å²) in [6, 6.07) is 26.5. The fourth-order valence-electron chi connectivity index (χ4n) is 3.67. The zero-order valence-electron chi connectivity index (χ0n) is 19.9. The number of carbonyl (C=O) groups excluding carboxylic acids is 2. The Balaban J connectivity index is 1.56. The van der Waals surface area contributed by atoms with Gasteiger partial charge in [-0.15, -0.1) is 0 Å². The third-order valence-corrected chi connectivity index (χ3v) is 5.55. The maximum Gasteiger partial charge on any atom is 0.247 e. The number of hydrogen-bond donors (Lipinski definition) is 1. The van der Waals surface area contributed by atoms with Crippen LogP contribution in [0, 0.1) is 0 Å². The van der Waals surface area contributed by atoms with Crippen LogP contribution in [0.2, 0.25) is 0 Å². The zero-order valence-corrected chi connectivity index (χ0v) is 19.9. The lowest BCUT2D eigenvalue weighted by atomic mass is 10.2. The molecule has 4 rings (SSSR count). The molecule has 0 saturated heterocycles. The van der Waals surface area contributed by atoms with Crippen LogP contribution in [-0.2, 0) is 16.2 Å². The van der Waals surface area contributed by atoms with Crippen molar-refractivity contribution in [2.24, 2.45) is 0 Å². The number of aromatic nitrogens is 1. The van der Waals surface area contributed by atoms with Crippen LogP contribution in [0.1, 0.15) is 5.56 Å². The smallest absolute Gasteiger partial charge is 0.247 e. The van der Waals surface area contributed by atoms with Gasteiger partial charge in [0.05, 0.1) is 23.3 Å². The highest BCUT2D eigenvalue weighted by molar-refractivity contribution is 6.00. The molecule has 2 amide bonds. The van der Waals surface area contributed by atoms with Gasteiger partial charge >= 0.3 is 0 Å². The van der Waals surface area contributed by atoms with Gasteiger partial charge in [-0.2, -0.15) is 0 Å². The fraction of sp³-hybridized carbons (Fsp3) is 0.0690. The van der Waals surface area contributed by atoms with Gasteiger partial charge in [0.2, 0.25) is 12.3 Å². The van der Waals surface area contributed by atoms with E-state index >= 15 is 0 Å². The number of nitrogens with one attached hydrogen (secondary N) is 1. The monoisotopic (exact) mass is 478 g/mol. The first-order valence-corrected chi connectivity index (χ1v) is 11.3. The average Bonchev–Trinajstić information content (AvgIpc) is 2.93. The lowest BCUT2D eigenvalue weighted by molar-refractivity contribution is -0.112. The molecule has 36 heavy (non-hydrogen) atoms. The summed E-state index contributed by atoms with van der Waals surface area (Å²) in [5.74, 6) is 0.431. The summed E-state index contributed by atoms with van der Waals surface area (Å²) in [5, 5.41) is 2.72. The van der Waals surface area contributed by atoms with E-state index in [4.69, 9.17) is 4.74 Å². The fourth-order valence-corrected chi connectivity index (χ4v) is 3.67. The molecule has 1 aromatic heterocycles. The lowest BCUT2D eigenvalue weighted by Gasteiger charge is -2.27. The van der Waals surface area contributed by atoms with Crippen molar-refractivity contribution in [1.82, 2.24) is 4.98 Å². The summed E-state index contributed by atoms with van der Waals surface area (Å²) < 4.78 is 5.89. The van der Waals surface area contributed by atoms with Crippen LogP contribution in [0.4, 0.5) is 28.4 Å². The Morgan fingerprint density at radius 3 is 2.47 bits per heavy atom. The standard InChI is InChI=1S/C29H26N4O3/c1-3-29(35)31-23-10-7-11-25(18-23)33(21-34)27-16-17-30-19-28(27)32(2)24-12-14-26(15-13-24)36-20-22-8-5-4-6-9-22/h3-19,21H,1,20H2,2H3,(H,31,35). The van der Waals surface area contributed by atoms with Crippen molar-refractivity contribution < 1.29 is 14.3 Å². The minimum atomic E-state index is -0.328. The number of hydrogen-bond acceptors (Lipinski definition) is 5. The number of amides is 2. The summed E-state index contributed by atoms with van der Waals surface area (Å²) in [5.41, 5.74) is 4.51. The van der Waals surface area contributed by atoms with E-state index in [-0.39, 0.29) is 5.91 Å². The van der Waals surface area contributed by atoms with E-state index in [0.29, 0.717) is 23.7 Å². The predicted octanol–water partition coefficient (Wildman–Crippen LogP) is 5.85. The van der Waals surface area contributed by atoms with E-state index in [1.165, 1.54) is 11.0 Å². The second-order valence-corrected chi connectivity index (χ2v) is 7.91. The van der Waals surface area contributed by atoms with Gasteiger partial charge in [0.25, 0.3) is 0 Å². The van der Waals surface area contributed by atoms with Crippen LogP contribution in [0.25, 0.3) is 0 Å². The molecule has 0 spiro atoms. The van der Waals surface area contributed by atoms with E-state index in [1.807, 2.05) is 66.5 Å². The third-order valence-electron chi connectivity index (χ3n) is 5.55. The molecule has 4 aromatic rings. The largest absolute Gasteiger partial charge is 0.489 e. The van der Waals surface area contributed by atoms with E-state index in [0.717, 1.165) is 29.1 Å². The van der Waals surface area contributed by atoms with Crippen LogP contribution in [0.15, 0.2) is 110 Å². The Hall–Kier alpha value is -4.91. The number of carbonyl (C=O) groups is 2. The number of pyridine rings is 1. The van der Waals surface area contributed by atoms with Gasteiger partial charge in [-0.1, -0.05) is 43.0 Å². The van der Waals surface area contributed by atoms with Gasteiger partial charge in [-0.05, 0) is 60.2 Å². The highest BCUT2D eigenvalue weighted by Gasteiger charge is 2.17. The molecule has 7 nitrogen and oxygen atoms in total. The van der Waals surface area contributed by atoms with Crippen molar-refractivity contribution in [3.63, 3.8) is 0 Å². The second-order valence-electron chi connectivity index (χ2n) is 7.91. The van der Waals surface area contributed by atoms with Crippen LogP contribution in [-0.4, -0.2) is 24.3 Å². The SMILES string of the molecule is C=CC(=O)Nc1cccc(N(C=O)c2ccncc2N(C)c2ccc(OCc3ccccc3)cc2)c1. The van der Waals surface area contributed by atoms with Crippen LogP contribution >= 0.6 is 0 Å². The van der Waals surface area contributed by atoms with Crippen molar-refractivity contribution in [3.05, 3.63) is 116 Å². The van der Waals surface area contributed by atoms with Crippen molar-refractivity contribution in [2.45, 2.75) is 6.61 Å². The topological polar surface area (TPSA) is 74.8 Å². The third kappa shape index (κ3) is 5.77. The van der Waals surface area contributed by atoms with E-state index in [2.05, 4.69) is 16.9 Å². The Kier molecular flexibility index (Phi) is 7.73. The van der Waals surface area contributed by atoms with E-state index in [9.17, 15) is 9.59 Å². The zero-order chi connectivity index (χ0) is 25.3. The first-order valence-electron chi connectivity index (χ1n) is 11.3. The number of rotatable bonds is 10. The van der Waals surface area contributed by atoms with E-state index in [1.54, 1.807) is 42.7 Å². The van der Waals surface area contributed by atoms with Gasteiger partial charge in [0, 0.05) is 24.6 Å². The van der Waals surface area contributed by atoms with Crippen molar-refractivity contribution in [1.29, 1.82) is 0 Å². The predicted molar refractivity (Wildman–Crippen MR) is 143 cm³/mol. The minimum absolute atomic E-state index is 0.328. The highest BCUT2D eigenvalue weighted by Crippen LogP contribution is 2.36. The average molecular weight is 479 g/mol. The van der Waals surface area contributed by atoms with Gasteiger partial charge in [-0.25, -0.2) is 0 Å². The molecule has 1 heterocycles. The van der Waals surface area contributed by atoms with Crippen molar-refractivity contribution in [2.75, 3.05) is 22.2 Å². The van der Waals surface area contributed by atoms with Crippen molar-refractivity contribution >= 4 is 40.8 Å². The molecule has 0 atom stereocenters. The molecule has 0 unspecified atom stereocenters. The number of benzene rings is 3. The summed E-state index contributed by atoms with van der Waals surface area (Å²) in [4.78, 5) is 31.6. The second kappa shape index (κ2) is 11.5. The Bertz CT molecular complexity index is 1340. The Morgan fingerprint density at radius 2 is 1.75 bits per heavy atom.